The average molecular weight is 604 g/mol. The molecule has 0 saturated carbocycles. The third kappa shape index (κ3) is 3.69. The summed E-state index contributed by atoms with van der Waals surface area (Å²) >= 11 is 0. The molecule has 0 spiro atoms. The maximum absolute atomic E-state index is 13.6. The molecule has 4 aromatic carbocycles. The van der Waals surface area contributed by atoms with E-state index in [2.05, 4.69) is 15.0 Å². The van der Waals surface area contributed by atoms with Gasteiger partial charge in [0, 0.05) is 11.1 Å². The second kappa shape index (κ2) is 9.37. The number of benzene rings is 4. The molecule has 2 aliphatic heterocycles. The Bertz CT molecular complexity index is 2260. The van der Waals surface area contributed by atoms with E-state index in [9.17, 15) is 19.2 Å². The summed E-state index contributed by atoms with van der Waals surface area (Å²) in [5, 5.41) is 0. The maximum atomic E-state index is 13.6. The van der Waals surface area contributed by atoms with Crippen molar-refractivity contribution >= 4 is 57.5 Å². The summed E-state index contributed by atoms with van der Waals surface area (Å²) < 4.78 is 11.7. The van der Waals surface area contributed by atoms with Gasteiger partial charge in [0.25, 0.3) is 23.6 Å². The Balaban J connectivity index is 1.03. The summed E-state index contributed by atoms with van der Waals surface area (Å²) in [5.74, 6) is -1.81. The van der Waals surface area contributed by atoms with Crippen LogP contribution in [0.5, 0.6) is 0 Å². The Morgan fingerprint density at radius 2 is 0.870 bits per heavy atom. The van der Waals surface area contributed by atoms with Crippen LogP contribution >= 0.6 is 0 Å². The van der Waals surface area contributed by atoms with E-state index in [4.69, 9.17) is 8.83 Å². The van der Waals surface area contributed by atoms with Crippen molar-refractivity contribution in [1.29, 1.82) is 0 Å². The first kappa shape index (κ1) is 25.7. The Morgan fingerprint density at radius 1 is 0.435 bits per heavy atom. The Morgan fingerprint density at radius 3 is 1.33 bits per heavy atom. The monoisotopic (exact) mass is 603 g/mol. The molecule has 0 unspecified atom stereocenters. The van der Waals surface area contributed by atoms with Crippen LogP contribution in [0, 0.1) is 0 Å². The largest absolute Gasteiger partial charge is 0.436 e. The number of oxazole rings is 2. The normalized spacial score (nSPS) is 14.2. The van der Waals surface area contributed by atoms with Crippen LogP contribution in [0.1, 0.15) is 41.4 Å². The number of hydrogen-bond donors (Lipinski definition) is 0. The van der Waals surface area contributed by atoms with Crippen LogP contribution in [0.4, 0.5) is 11.6 Å². The van der Waals surface area contributed by atoms with Gasteiger partial charge >= 0.3 is 0 Å². The molecular formula is C35H17N5O6. The smallest absolute Gasteiger partial charge is 0.267 e. The number of para-hydroxylation sites is 4. The highest BCUT2D eigenvalue weighted by molar-refractivity contribution is 6.35. The lowest BCUT2D eigenvalue weighted by molar-refractivity contribution is 0.0912. The molecule has 0 bridgehead atoms. The molecule has 11 nitrogen and oxygen atoms in total. The number of anilines is 2. The van der Waals surface area contributed by atoms with E-state index in [-0.39, 0.29) is 33.9 Å². The predicted molar refractivity (Wildman–Crippen MR) is 165 cm³/mol. The van der Waals surface area contributed by atoms with Crippen LogP contribution in [-0.4, -0.2) is 38.6 Å². The fraction of sp³-hybridized carbons (Fsp3) is 0. The topological polar surface area (TPSA) is 140 Å². The summed E-state index contributed by atoms with van der Waals surface area (Å²) in [7, 11) is 0. The number of rotatable bonds is 4. The summed E-state index contributed by atoms with van der Waals surface area (Å²) in [6, 6.07) is 28.6. The first-order valence-electron chi connectivity index (χ1n) is 14.2. The zero-order chi connectivity index (χ0) is 31.1. The third-order valence-electron chi connectivity index (χ3n) is 8.03. The molecule has 46 heavy (non-hydrogen) atoms. The standard InChI is InChI=1S/C35H17N5O6/c41-32-20-14-12-18(30-36-24-6-1-3-8-26(24)45-30)16-22(20)34(43)39(32)28-10-5-11-29(38-28)40-33(42)21-15-13-19(17-23(21)35(40)44)31-37-25-7-2-4-9-27(25)46-31/h1-17H. The van der Waals surface area contributed by atoms with Crippen LogP contribution < -0.4 is 9.80 Å². The van der Waals surface area contributed by atoms with Crippen molar-refractivity contribution in [3.8, 4) is 22.9 Å². The number of fused-ring (bicyclic) bond motifs is 4. The van der Waals surface area contributed by atoms with Crippen molar-refractivity contribution in [2.45, 2.75) is 0 Å². The first-order valence-corrected chi connectivity index (χ1v) is 14.2. The molecule has 218 valence electrons. The number of amides is 4. The highest BCUT2D eigenvalue weighted by Crippen LogP contribution is 2.35. The van der Waals surface area contributed by atoms with Crippen molar-refractivity contribution in [2.75, 3.05) is 9.80 Å². The molecule has 0 saturated heterocycles. The molecule has 3 aromatic heterocycles. The van der Waals surface area contributed by atoms with Gasteiger partial charge in [-0.1, -0.05) is 30.3 Å². The van der Waals surface area contributed by atoms with E-state index >= 15 is 0 Å². The number of hydrogen-bond acceptors (Lipinski definition) is 9. The summed E-state index contributed by atoms with van der Waals surface area (Å²) in [4.78, 5) is 69.3. The Kier molecular flexibility index (Phi) is 5.24. The van der Waals surface area contributed by atoms with E-state index in [1.807, 2.05) is 36.4 Å². The van der Waals surface area contributed by atoms with Crippen LogP contribution in [-0.2, 0) is 0 Å². The maximum Gasteiger partial charge on any atom is 0.267 e. The van der Waals surface area contributed by atoms with E-state index in [1.165, 1.54) is 18.2 Å². The predicted octanol–water partition coefficient (Wildman–Crippen LogP) is 6.30. The fourth-order valence-corrected chi connectivity index (χ4v) is 5.82. The summed E-state index contributed by atoms with van der Waals surface area (Å²) in [6.45, 7) is 0. The molecule has 11 heteroatoms. The van der Waals surface area contributed by atoms with E-state index < -0.39 is 23.6 Å². The molecule has 7 aromatic rings. The lowest BCUT2D eigenvalue weighted by atomic mass is 10.1. The van der Waals surface area contributed by atoms with Crippen molar-refractivity contribution in [1.82, 2.24) is 15.0 Å². The number of carbonyl (C=O) groups is 4. The van der Waals surface area contributed by atoms with Gasteiger partial charge in [0.15, 0.2) is 11.2 Å². The molecule has 4 amide bonds. The Labute approximate surface area is 258 Å². The zero-order valence-electron chi connectivity index (χ0n) is 23.5. The zero-order valence-corrected chi connectivity index (χ0v) is 23.5. The van der Waals surface area contributed by atoms with Gasteiger partial charge in [0.1, 0.15) is 22.7 Å². The van der Waals surface area contributed by atoms with Gasteiger partial charge in [-0.15, -0.1) is 0 Å². The minimum atomic E-state index is -0.604. The number of imide groups is 2. The van der Waals surface area contributed by atoms with E-state index in [1.54, 1.807) is 48.5 Å². The van der Waals surface area contributed by atoms with Crippen LogP contribution in [0.2, 0.25) is 0 Å². The van der Waals surface area contributed by atoms with Gasteiger partial charge in [-0.2, -0.15) is 0 Å². The molecule has 9 rings (SSSR count). The molecule has 0 aliphatic carbocycles. The van der Waals surface area contributed by atoms with Gasteiger partial charge < -0.3 is 8.83 Å². The summed E-state index contributed by atoms with van der Waals surface area (Å²) in [6.07, 6.45) is 0. The molecule has 0 atom stereocenters. The quantitative estimate of drug-likeness (QED) is 0.212. The molecule has 0 fully saturated rings. The van der Waals surface area contributed by atoms with Gasteiger partial charge in [0.05, 0.1) is 22.3 Å². The molecular weight excluding hydrogens is 586 g/mol. The van der Waals surface area contributed by atoms with Crippen molar-refractivity contribution in [3.05, 3.63) is 125 Å². The van der Waals surface area contributed by atoms with Gasteiger partial charge in [0.2, 0.25) is 11.8 Å². The lowest BCUT2D eigenvalue weighted by Gasteiger charge is -2.17. The third-order valence-corrected chi connectivity index (χ3v) is 8.03. The average Bonchev–Trinajstić information content (AvgIpc) is 3.83. The summed E-state index contributed by atoms with van der Waals surface area (Å²) in [5.41, 5.74) is 4.27. The number of carbonyl (C=O) groups excluding carboxylic acids is 4. The van der Waals surface area contributed by atoms with Crippen LogP contribution in [0.3, 0.4) is 0 Å². The van der Waals surface area contributed by atoms with Gasteiger partial charge in [-0.25, -0.2) is 24.8 Å². The van der Waals surface area contributed by atoms with E-state index in [0.717, 1.165) is 9.80 Å². The Hall–Kier alpha value is -6.75. The minimum Gasteiger partial charge on any atom is -0.436 e. The van der Waals surface area contributed by atoms with Crippen molar-refractivity contribution in [3.63, 3.8) is 0 Å². The van der Waals surface area contributed by atoms with E-state index in [0.29, 0.717) is 45.1 Å². The van der Waals surface area contributed by atoms with Gasteiger partial charge in [-0.05, 0) is 72.8 Å². The SMILES string of the molecule is O=C1c2ccc(-c3nc4ccccc4o3)cc2C(=O)N1c1cccc(N2C(=O)c3ccc(-c4nc5ccccc5o4)cc3C2=O)n1. The highest BCUT2D eigenvalue weighted by atomic mass is 16.4. The first-order chi connectivity index (χ1) is 22.4. The molecule has 0 radical (unpaired) electrons. The highest BCUT2D eigenvalue weighted by Gasteiger charge is 2.41. The van der Waals surface area contributed by atoms with Crippen molar-refractivity contribution < 1.29 is 28.0 Å². The van der Waals surface area contributed by atoms with Crippen LogP contribution in [0.25, 0.3) is 45.1 Å². The second-order valence-electron chi connectivity index (χ2n) is 10.7. The number of aromatic nitrogens is 3. The number of nitrogens with zero attached hydrogens (tertiary/aromatic N) is 5. The van der Waals surface area contributed by atoms with Crippen LogP contribution in [0.15, 0.2) is 112 Å². The fourth-order valence-electron chi connectivity index (χ4n) is 5.82. The molecule has 5 heterocycles. The molecule has 2 aliphatic rings. The minimum absolute atomic E-state index is 0.0316. The van der Waals surface area contributed by atoms with Crippen molar-refractivity contribution in [2.24, 2.45) is 0 Å². The van der Waals surface area contributed by atoms with Gasteiger partial charge in [-0.3, -0.25) is 19.2 Å². The lowest BCUT2D eigenvalue weighted by Crippen LogP contribution is -2.33. The second-order valence-corrected chi connectivity index (χ2v) is 10.7. The molecule has 0 N–H and O–H groups in total. The number of pyridine rings is 1.